The molecule has 0 N–H and O–H groups in total. The summed E-state index contributed by atoms with van der Waals surface area (Å²) in [5.74, 6) is -2.29. The molecule has 0 radical (unpaired) electrons. The Morgan fingerprint density at radius 2 is 1.73 bits per heavy atom. The number of hydrogen-bond acceptors (Lipinski definition) is 4. The molecule has 0 aromatic heterocycles. The van der Waals surface area contributed by atoms with E-state index in [-0.39, 0.29) is 0 Å². The van der Waals surface area contributed by atoms with Crippen molar-refractivity contribution in [1.82, 2.24) is 0 Å². The summed E-state index contributed by atoms with van der Waals surface area (Å²) in [5.41, 5.74) is 0. The number of allylic oxidation sites excluding steroid dienone is 2. The highest BCUT2D eigenvalue weighted by atomic mass is 35.5. The zero-order chi connectivity index (χ0) is 8.85. The Morgan fingerprint density at radius 1 is 1.18 bits per heavy atom. The van der Waals surface area contributed by atoms with Crippen LogP contribution in [0.1, 0.15) is 0 Å². The number of carbonyl (C=O) groups excluding carboxylic acids is 2. The molecule has 0 saturated heterocycles. The summed E-state index contributed by atoms with van der Waals surface area (Å²) in [4.78, 5) is 19.7. The average molecular weight is 175 g/mol. The fraction of sp³-hybridized carbons (Fsp3) is 0. The second-order valence-corrected chi connectivity index (χ2v) is 1.88. The first-order chi connectivity index (χ1) is 5.02. The highest BCUT2D eigenvalue weighted by Gasteiger charge is 1.83. The Bertz CT molecular complexity index is 229. The fourth-order valence-corrected chi connectivity index (χ4v) is 0.418. The Labute approximate surface area is 67.4 Å². The Kier molecular flexibility index (Phi) is 3.98. The summed E-state index contributed by atoms with van der Waals surface area (Å²) in [5, 5.41) is 19.2. The molecule has 0 aliphatic carbocycles. The zero-order valence-corrected chi connectivity index (χ0v) is 6.00. The molecule has 0 aliphatic heterocycles. The fourth-order valence-electron chi connectivity index (χ4n) is 0.310. The first kappa shape index (κ1) is 9.71. The van der Waals surface area contributed by atoms with Gasteiger partial charge in [-0.15, -0.1) is 5.76 Å². The maximum absolute atomic E-state index is 10.4. The summed E-state index contributed by atoms with van der Waals surface area (Å²) in [6, 6.07) is 0. The van der Waals surface area contributed by atoms with Crippen molar-refractivity contribution in [2.45, 2.75) is 0 Å². The van der Waals surface area contributed by atoms with E-state index in [2.05, 4.69) is 0 Å². The van der Waals surface area contributed by atoms with Crippen molar-refractivity contribution in [3.8, 4) is 0 Å². The molecule has 0 spiro atoms. The minimum absolute atomic E-state index is 0.513. The number of carboxylic acids is 1. The van der Waals surface area contributed by atoms with Crippen LogP contribution >= 0.6 is 11.6 Å². The molecule has 11 heavy (non-hydrogen) atoms. The van der Waals surface area contributed by atoms with E-state index in [0.29, 0.717) is 18.2 Å². The quantitative estimate of drug-likeness (QED) is 0.221. The van der Waals surface area contributed by atoms with E-state index < -0.39 is 17.0 Å². The Hall–Kier alpha value is -1.29. The third-order valence-electron chi connectivity index (χ3n) is 0.639. The lowest BCUT2D eigenvalue weighted by Gasteiger charge is -2.02. The molecule has 0 aromatic rings. The van der Waals surface area contributed by atoms with E-state index in [4.69, 9.17) is 11.6 Å². The molecular weight excluding hydrogens is 172 g/mol. The van der Waals surface area contributed by atoms with Crippen LogP contribution in [0.5, 0.6) is 0 Å². The molecule has 0 bridgehead atoms. The lowest BCUT2D eigenvalue weighted by atomic mass is 10.4. The number of rotatable bonds is 3. The zero-order valence-electron chi connectivity index (χ0n) is 5.24. The van der Waals surface area contributed by atoms with Gasteiger partial charge in [-0.2, -0.15) is 0 Å². The van der Waals surface area contributed by atoms with Gasteiger partial charge in [0.25, 0.3) is 0 Å². The molecule has 0 atom stereocenters. The van der Waals surface area contributed by atoms with Gasteiger partial charge in [-0.05, 0) is 23.8 Å². The summed E-state index contributed by atoms with van der Waals surface area (Å²) in [7, 11) is 0. The lowest BCUT2D eigenvalue weighted by molar-refractivity contribution is -0.300. The third-order valence-corrected chi connectivity index (χ3v) is 0.749. The van der Waals surface area contributed by atoms with Crippen molar-refractivity contribution in [1.29, 1.82) is 0 Å². The van der Waals surface area contributed by atoms with Gasteiger partial charge < -0.3 is 15.0 Å². The molecule has 0 aromatic carbocycles. The number of carbonyl (C=O) groups is 2. The van der Waals surface area contributed by atoms with Crippen molar-refractivity contribution in [3.05, 3.63) is 24.0 Å². The predicted octanol–water partition coefficient (Wildman–Crippen LogP) is -1.70. The van der Waals surface area contributed by atoms with Crippen molar-refractivity contribution < 1.29 is 19.8 Å². The van der Waals surface area contributed by atoms with Crippen LogP contribution in [0, 0.1) is 0 Å². The molecule has 0 fully saturated rings. The molecule has 0 saturated carbocycles. The van der Waals surface area contributed by atoms with Gasteiger partial charge in [0.2, 0.25) is 5.24 Å². The SMILES string of the molecule is O=C([O-])/C=C\C([O-])=C/C(=O)Cl. The molecule has 60 valence electrons. The molecule has 0 amide bonds. The van der Waals surface area contributed by atoms with E-state index in [0.717, 1.165) is 0 Å². The predicted molar refractivity (Wildman–Crippen MR) is 33.1 cm³/mol. The van der Waals surface area contributed by atoms with Gasteiger partial charge >= 0.3 is 0 Å². The molecule has 0 rings (SSSR count). The van der Waals surface area contributed by atoms with Crippen molar-refractivity contribution in [2.24, 2.45) is 0 Å². The molecule has 5 heteroatoms. The number of carboxylic acid groups (broad SMARTS) is 1. The summed E-state index contributed by atoms with van der Waals surface area (Å²) >= 11 is 4.78. The van der Waals surface area contributed by atoms with Crippen LogP contribution in [0.25, 0.3) is 0 Å². The van der Waals surface area contributed by atoms with Gasteiger partial charge in [-0.3, -0.25) is 4.79 Å². The van der Waals surface area contributed by atoms with Crippen LogP contribution in [0.4, 0.5) is 0 Å². The summed E-state index contributed by atoms with van der Waals surface area (Å²) in [6.45, 7) is 0. The van der Waals surface area contributed by atoms with Gasteiger partial charge in [0.15, 0.2) is 0 Å². The van der Waals surface area contributed by atoms with Gasteiger partial charge in [0.1, 0.15) is 0 Å². The molecular formula is C6H3ClO4-2. The first-order valence-corrected chi connectivity index (χ1v) is 2.87. The highest BCUT2D eigenvalue weighted by Crippen LogP contribution is 1.89. The Balaban J connectivity index is 4.17. The first-order valence-electron chi connectivity index (χ1n) is 2.49. The second kappa shape index (κ2) is 4.51. The van der Waals surface area contributed by atoms with Gasteiger partial charge in [0, 0.05) is 0 Å². The largest absolute Gasteiger partial charge is 0.872 e. The van der Waals surface area contributed by atoms with E-state index in [1.165, 1.54) is 0 Å². The highest BCUT2D eigenvalue weighted by molar-refractivity contribution is 6.66. The van der Waals surface area contributed by atoms with E-state index in [1.54, 1.807) is 0 Å². The van der Waals surface area contributed by atoms with E-state index in [9.17, 15) is 19.8 Å². The van der Waals surface area contributed by atoms with Crippen molar-refractivity contribution in [2.75, 3.05) is 0 Å². The minimum Gasteiger partial charge on any atom is -0.872 e. The normalized spacial score (nSPS) is 11.9. The Morgan fingerprint density at radius 3 is 2.09 bits per heavy atom. The standard InChI is InChI=1S/C6H5ClO4/c7-5(9)3-4(8)1-2-6(10)11/h1-3,8H,(H,10,11)/p-2/b2-1-,4-3+. The minimum atomic E-state index is -1.51. The molecule has 0 unspecified atom stereocenters. The monoisotopic (exact) mass is 174 g/mol. The van der Waals surface area contributed by atoms with Crippen LogP contribution in [-0.2, 0) is 9.59 Å². The van der Waals surface area contributed by atoms with Crippen LogP contribution in [0.2, 0.25) is 0 Å². The average Bonchev–Trinajstić information content (AvgIpc) is 1.82. The van der Waals surface area contributed by atoms with Gasteiger partial charge in [-0.1, -0.05) is 6.08 Å². The number of hydrogen-bond donors (Lipinski definition) is 0. The molecule has 0 heterocycles. The smallest absolute Gasteiger partial charge is 0.244 e. The van der Waals surface area contributed by atoms with Crippen molar-refractivity contribution >= 4 is 22.8 Å². The van der Waals surface area contributed by atoms with E-state index in [1.807, 2.05) is 0 Å². The topological polar surface area (TPSA) is 80.3 Å². The lowest BCUT2D eigenvalue weighted by Crippen LogP contribution is -2.19. The van der Waals surface area contributed by atoms with Crippen LogP contribution in [0.3, 0.4) is 0 Å². The number of halogens is 1. The third kappa shape index (κ3) is 6.60. The number of aliphatic carboxylic acids is 1. The summed E-state index contributed by atoms with van der Waals surface area (Å²) < 4.78 is 0. The maximum Gasteiger partial charge on any atom is 0.244 e. The summed E-state index contributed by atoms with van der Waals surface area (Å²) in [6.07, 6.45) is 1.75. The van der Waals surface area contributed by atoms with Crippen molar-refractivity contribution in [3.63, 3.8) is 0 Å². The van der Waals surface area contributed by atoms with Gasteiger partial charge in [-0.25, -0.2) is 0 Å². The maximum atomic E-state index is 10.4. The second-order valence-electron chi connectivity index (χ2n) is 1.50. The molecule has 0 aliphatic rings. The van der Waals surface area contributed by atoms with Gasteiger partial charge in [0.05, 0.1) is 5.97 Å². The van der Waals surface area contributed by atoms with E-state index >= 15 is 0 Å². The van der Waals surface area contributed by atoms with Crippen LogP contribution in [-0.4, -0.2) is 11.2 Å². The van der Waals surface area contributed by atoms with Crippen LogP contribution < -0.4 is 10.2 Å². The molecule has 4 nitrogen and oxygen atoms in total. The van der Waals surface area contributed by atoms with Crippen LogP contribution in [0.15, 0.2) is 24.0 Å².